The van der Waals surface area contributed by atoms with Crippen molar-refractivity contribution in [1.82, 2.24) is 15.2 Å². The fourth-order valence-electron chi connectivity index (χ4n) is 1.82. The number of hydrogen-bond donors (Lipinski definition) is 2. The molecule has 0 saturated heterocycles. The Morgan fingerprint density at radius 3 is 2.81 bits per heavy atom. The molecule has 4 heteroatoms. The first-order valence-electron chi connectivity index (χ1n) is 5.71. The van der Waals surface area contributed by atoms with Crippen molar-refractivity contribution in [2.45, 2.75) is 19.4 Å². The first-order chi connectivity index (χ1) is 7.63. The van der Waals surface area contributed by atoms with Crippen molar-refractivity contribution in [3.8, 4) is 0 Å². The molecule has 0 spiro atoms. The summed E-state index contributed by atoms with van der Waals surface area (Å²) >= 11 is 0. The van der Waals surface area contributed by atoms with E-state index in [-0.39, 0.29) is 0 Å². The van der Waals surface area contributed by atoms with Gasteiger partial charge in [-0.3, -0.25) is 0 Å². The van der Waals surface area contributed by atoms with Gasteiger partial charge in [-0.1, -0.05) is 13.0 Å². The molecule has 0 saturated carbocycles. The third-order valence-electron chi connectivity index (χ3n) is 2.47. The van der Waals surface area contributed by atoms with Crippen LogP contribution in [0.15, 0.2) is 18.3 Å². The second-order valence-electron chi connectivity index (χ2n) is 4.27. The molecule has 0 fully saturated rings. The van der Waals surface area contributed by atoms with Gasteiger partial charge in [-0.25, -0.2) is 4.98 Å². The Morgan fingerprint density at radius 2 is 2.25 bits per heavy atom. The van der Waals surface area contributed by atoms with Gasteiger partial charge >= 0.3 is 0 Å². The lowest BCUT2D eigenvalue weighted by Gasteiger charge is -2.22. The molecule has 0 aliphatic heterocycles. The van der Waals surface area contributed by atoms with Crippen LogP contribution in [0.2, 0.25) is 0 Å². The standard InChI is InChI=1S/C12H22N4/c1-4-14-11(9-16(2)3)8-10-6-5-7-15-12(10)13/h5-7,11,14H,4,8-9H2,1-3H3,(H2,13,15). The van der Waals surface area contributed by atoms with E-state index < -0.39 is 0 Å². The molecule has 1 aromatic heterocycles. The molecule has 1 heterocycles. The lowest BCUT2D eigenvalue weighted by atomic mass is 10.1. The molecule has 0 aromatic carbocycles. The Labute approximate surface area is 97.9 Å². The van der Waals surface area contributed by atoms with Crippen LogP contribution in [-0.4, -0.2) is 43.1 Å². The molecule has 16 heavy (non-hydrogen) atoms. The molecule has 1 rings (SSSR count). The van der Waals surface area contributed by atoms with Crippen LogP contribution in [-0.2, 0) is 6.42 Å². The van der Waals surface area contributed by atoms with Crippen LogP contribution in [0.5, 0.6) is 0 Å². The summed E-state index contributed by atoms with van der Waals surface area (Å²) in [6.45, 7) is 4.09. The summed E-state index contributed by atoms with van der Waals surface area (Å²) in [5.41, 5.74) is 6.96. The zero-order valence-electron chi connectivity index (χ0n) is 10.4. The number of likely N-dealkylation sites (N-methyl/N-ethyl adjacent to an activating group) is 2. The van der Waals surface area contributed by atoms with E-state index in [1.165, 1.54) is 0 Å². The van der Waals surface area contributed by atoms with Gasteiger partial charge < -0.3 is 16.0 Å². The van der Waals surface area contributed by atoms with Gasteiger partial charge in [0.25, 0.3) is 0 Å². The first kappa shape index (κ1) is 12.9. The normalized spacial score (nSPS) is 13.0. The molecule has 0 aliphatic rings. The van der Waals surface area contributed by atoms with Crippen molar-refractivity contribution >= 4 is 5.82 Å². The van der Waals surface area contributed by atoms with Gasteiger partial charge in [-0.15, -0.1) is 0 Å². The molecule has 1 aromatic rings. The van der Waals surface area contributed by atoms with Crippen LogP contribution in [0, 0.1) is 0 Å². The third kappa shape index (κ3) is 4.16. The van der Waals surface area contributed by atoms with Gasteiger partial charge in [0.05, 0.1) is 0 Å². The maximum atomic E-state index is 5.84. The van der Waals surface area contributed by atoms with Crippen LogP contribution < -0.4 is 11.1 Å². The number of nitrogens with zero attached hydrogens (tertiary/aromatic N) is 2. The van der Waals surface area contributed by atoms with Crippen LogP contribution in [0.1, 0.15) is 12.5 Å². The van der Waals surface area contributed by atoms with E-state index in [2.05, 4.69) is 36.2 Å². The SMILES string of the molecule is CCNC(Cc1cccnc1N)CN(C)C. The second kappa shape index (κ2) is 6.45. The van der Waals surface area contributed by atoms with E-state index in [4.69, 9.17) is 5.73 Å². The molecule has 1 unspecified atom stereocenters. The fourth-order valence-corrected chi connectivity index (χ4v) is 1.82. The number of pyridine rings is 1. The monoisotopic (exact) mass is 222 g/mol. The molecular formula is C12H22N4. The fraction of sp³-hybridized carbons (Fsp3) is 0.583. The number of nitrogen functional groups attached to an aromatic ring is 1. The number of rotatable bonds is 6. The average Bonchev–Trinajstić information content (AvgIpc) is 2.21. The maximum absolute atomic E-state index is 5.84. The number of hydrogen-bond acceptors (Lipinski definition) is 4. The Morgan fingerprint density at radius 1 is 1.50 bits per heavy atom. The molecule has 3 N–H and O–H groups in total. The quantitative estimate of drug-likeness (QED) is 0.745. The van der Waals surface area contributed by atoms with Crippen LogP contribution in [0.25, 0.3) is 0 Å². The summed E-state index contributed by atoms with van der Waals surface area (Å²) in [6, 6.07) is 4.40. The van der Waals surface area contributed by atoms with Crippen molar-refractivity contribution in [1.29, 1.82) is 0 Å². The topological polar surface area (TPSA) is 54.2 Å². The molecule has 0 amide bonds. The predicted octanol–water partition coefficient (Wildman–Crippen LogP) is 0.746. The summed E-state index contributed by atoms with van der Waals surface area (Å²) in [7, 11) is 4.16. The minimum Gasteiger partial charge on any atom is -0.383 e. The summed E-state index contributed by atoms with van der Waals surface area (Å²) in [5.74, 6) is 0.643. The summed E-state index contributed by atoms with van der Waals surface area (Å²) in [4.78, 5) is 6.29. The number of nitrogens with two attached hydrogens (primary N) is 1. The molecule has 0 bridgehead atoms. The van der Waals surface area contributed by atoms with E-state index in [9.17, 15) is 0 Å². The lowest BCUT2D eigenvalue weighted by molar-refractivity contribution is 0.339. The van der Waals surface area contributed by atoms with E-state index in [0.29, 0.717) is 11.9 Å². The van der Waals surface area contributed by atoms with Gasteiger partial charge in [-0.05, 0) is 38.7 Å². The number of nitrogens with one attached hydrogen (secondary N) is 1. The summed E-state index contributed by atoms with van der Waals surface area (Å²) in [5, 5.41) is 3.46. The van der Waals surface area contributed by atoms with E-state index in [1.54, 1.807) is 6.20 Å². The van der Waals surface area contributed by atoms with Crippen molar-refractivity contribution in [2.24, 2.45) is 0 Å². The van der Waals surface area contributed by atoms with Crippen molar-refractivity contribution in [2.75, 3.05) is 32.9 Å². The molecule has 90 valence electrons. The van der Waals surface area contributed by atoms with Gasteiger partial charge in [0.1, 0.15) is 5.82 Å². The van der Waals surface area contributed by atoms with Gasteiger partial charge in [0.2, 0.25) is 0 Å². The first-order valence-corrected chi connectivity index (χ1v) is 5.71. The van der Waals surface area contributed by atoms with Gasteiger partial charge in [-0.2, -0.15) is 0 Å². The highest BCUT2D eigenvalue weighted by Crippen LogP contribution is 2.10. The van der Waals surface area contributed by atoms with E-state index in [0.717, 1.165) is 25.1 Å². The minimum absolute atomic E-state index is 0.423. The summed E-state index contributed by atoms with van der Waals surface area (Å²) in [6.07, 6.45) is 2.65. The van der Waals surface area contributed by atoms with Crippen LogP contribution in [0.3, 0.4) is 0 Å². The van der Waals surface area contributed by atoms with E-state index in [1.807, 2.05) is 12.1 Å². The van der Waals surface area contributed by atoms with Crippen molar-refractivity contribution in [3.63, 3.8) is 0 Å². The number of anilines is 1. The molecule has 0 radical (unpaired) electrons. The Bertz CT molecular complexity index is 312. The molecule has 1 atom stereocenters. The molecule has 4 nitrogen and oxygen atoms in total. The Balaban J connectivity index is 2.64. The average molecular weight is 222 g/mol. The number of aromatic nitrogens is 1. The largest absolute Gasteiger partial charge is 0.383 e. The van der Waals surface area contributed by atoms with Crippen molar-refractivity contribution in [3.05, 3.63) is 23.9 Å². The maximum Gasteiger partial charge on any atom is 0.126 e. The highest BCUT2D eigenvalue weighted by Gasteiger charge is 2.11. The Kier molecular flexibility index (Phi) is 5.22. The zero-order valence-corrected chi connectivity index (χ0v) is 10.4. The van der Waals surface area contributed by atoms with Gasteiger partial charge in [0, 0.05) is 18.8 Å². The lowest BCUT2D eigenvalue weighted by Crippen LogP contribution is -2.39. The van der Waals surface area contributed by atoms with Crippen molar-refractivity contribution < 1.29 is 0 Å². The van der Waals surface area contributed by atoms with Crippen LogP contribution in [0.4, 0.5) is 5.82 Å². The Hall–Kier alpha value is -1.13. The molecular weight excluding hydrogens is 200 g/mol. The summed E-state index contributed by atoms with van der Waals surface area (Å²) < 4.78 is 0. The second-order valence-corrected chi connectivity index (χ2v) is 4.27. The third-order valence-corrected chi connectivity index (χ3v) is 2.47. The highest BCUT2D eigenvalue weighted by molar-refractivity contribution is 5.38. The minimum atomic E-state index is 0.423. The highest BCUT2D eigenvalue weighted by atomic mass is 15.1. The smallest absolute Gasteiger partial charge is 0.126 e. The van der Waals surface area contributed by atoms with Gasteiger partial charge in [0.15, 0.2) is 0 Å². The zero-order chi connectivity index (χ0) is 12.0. The van der Waals surface area contributed by atoms with E-state index >= 15 is 0 Å². The predicted molar refractivity (Wildman–Crippen MR) is 68.4 cm³/mol. The molecule has 0 aliphatic carbocycles. The van der Waals surface area contributed by atoms with Crippen LogP contribution >= 0.6 is 0 Å².